The highest BCUT2D eigenvalue weighted by molar-refractivity contribution is 7.16. The van der Waals surface area contributed by atoms with Gasteiger partial charge in [-0.2, -0.15) is 9.78 Å². The lowest BCUT2D eigenvalue weighted by Gasteiger charge is -2.11. The zero-order valence-corrected chi connectivity index (χ0v) is 21.8. The van der Waals surface area contributed by atoms with Crippen LogP contribution in [0.1, 0.15) is 42.7 Å². The van der Waals surface area contributed by atoms with Crippen LogP contribution in [0.5, 0.6) is 11.5 Å². The lowest BCUT2D eigenvalue weighted by atomic mass is 10.0. The Hall–Kier alpha value is -4.18. The molecule has 0 aliphatic carbocycles. The summed E-state index contributed by atoms with van der Waals surface area (Å²) in [5.41, 5.74) is 1.12. The average Bonchev–Trinajstić information content (AvgIpc) is 3.32. The van der Waals surface area contributed by atoms with Crippen molar-refractivity contribution in [1.82, 2.24) is 9.78 Å². The predicted molar refractivity (Wildman–Crippen MR) is 142 cm³/mol. The number of nitrogens with zero attached hydrogens (tertiary/aromatic N) is 2. The van der Waals surface area contributed by atoms with Gasteiger partial charge in [-0.05, 0) is 42.7 Å². The zero-order valence-electron chi connectivity index (χ0n) is 20.9. The Morgan fingerprint density at radius 3 is 2.51 bits per heavy atom. The first-order valence-electron chi connectivity index (χ1n) is 11.7. The highest BCUT2D eigenvalue weighted by atomic mass is 32.1. The zero-order chi connectivity index (χ0) is 26.5. The van der Waals surface area contributed by atoms with Crippen LogP contribution in [0.15, 0.2) is 58.7 Å². The van der Waals surface area contributed by atoms with Crippen LogP contribution in [0.4, 0.5) is 5.00 Å². The molecule has 4 rings (SSSR count). The SMILES string of the molecule is CCOC(=O)c1nn(-c2ccc(C(C)C)cc2)c(=O)c2c(NC(=O)COc3cccc(OC)c3)scc12. The van der Waals surface area contributed by atoms with Crippen LogP contribution in [-0.4, -0.2) is 42.0 Å². The van der Waals surface area contributed by atoms with Crippen LogP contribution in [-0.2, 0) is 9.53 Å². The van der Waals surface area contributed by atoms with Gasteiger partial charge in [-0.15, -0.1) is 11.3 Å². The maximum absolute atomic E-state index is 13.6. The third-order valence-corrected chi connectivity index (χ3v) is 6.49. The molecule has 10 heteroatoms. The molecule has 0 spiro atoms. The van der Waals surface area contributed by atoms with Gasteiger partial charge in [0, 0.05) is 16.8 Å². The van der Waals surface area contributed by atoms with Gasteiger partial charge >= 0.3 is 5.97 Å². The van der Waals surface area contributed by atoms with Crippen molar-refractivity contribution in [3.05, 3.63) is 75.5 Å². The standard InChI is InChI=1S/C27H27N3O6S/c1-5-35-27(33)24-21-15-37-25(28-22(31)14-36-20-8-6-7-19(13-20)34-4)23(21)26(32)30(29-24)18-11-9-17(10-12-18)16(2)3/h6-13,15-16H,5,14H2,1-4H3,(H,28,31). The molecule has 2 aromatic heterocycles. The normalized spacial score (nSPS) is 10.9. The molecule has 9 nitrogen and oxygen atoms in total. The number of aromatic nitrogens is 2. The summed E-state index contributed by atoms with van der Waals surface area (Å²) in [6, 6.07) is 14.3. The largest absolute Gasteiger partial charge is 0.497 e. The molecule has 37 heavy (non-hydrogen) atoms. The number of esters is 1. The van der Waals surface area contributed by atoms with Crippen molar-refractivity contribution in [3.8, 4) is 17.2 Å². The number of anilines is 1. The number of thiophene rings is 1. The van der Waals surface area contributed by atoms with Gasteiger partial charge in [-0.25, -0.2) is 4.79 Å². The van der Waals surface area contributed by atoms with Crippen molar-refractivity contribution in [3.63, 3.8) is 0 Å². The number of carbonyl (C=O) groups is 2. The average molecular weight is 522 g/mol. The van der Waals surface area contributed by atoms with E-state index in [1.807, 2.05) is 12.1 Å². The Kier molecular flexibility index (Phi) is 7.88. The molecule has 192 valence electrons. The van der Waals surface area contributed by atoms with E-state index in [2.05, 4.69) is 24.3 Å². The van der Waals surface area contributed by atoms with Gasteiger partial charge < -0.3 is 19.5 Å². The fraction of sp³-hybridized carbons (Fsp3) is 0.259. The number of ether oxygens (including phenoxy) is 3. The fourth-order valence-electron chi connectivity index (χ4n) is 3.67. The van der Waals surface area contributed by atoms with Gasteiger partial charge in [-0.1, -0.05) is 32.0 Å². The van der Waals surface area contributed by atoms with Crippen LogP contribution in [0.3, 0.4) is 0 Å². The number of rotatable bonds is 9. The first-order chi connectivity index (χ1) is 17.8. The first-order valence-corrected chi connectivity index (χ1v) is 12.6. The van der Waals surface area contributed by atoms with Crippen LogP contribution >= 0.6 is 11.3 Å². The summed E-state index contributed by atoms with van der Waals surface area (Å²) in [4.78, 5) is 39.0. The maximum atomic E-state index is 13.6. The minimum Gasteiger partial charge on any atom is -0.497 e. The molecule has 1 amide bonds. The summed E-state index contributed by atoms with van der Waals surface area (Å²) >= 11 is 1.12. The summed E-state index contributed by atoms with van der Waals surface area (Å²) in [5.74, 6) is 0.259. The van der Waals surface area contributed by atoms with Gasteiger partial charge in [0.1, 0.15) is 16.5 Å². The highest BCUT2D eigenvalue weighted by Crippen LogP contribution is 2.31. The number of methoxy groups -OCH3 is 1. The van der Waals surface area contributed by atoms with Gasteiger partial charge in [0.15, 0.2) is 12.3 Å². The monoisotopic (exact) mass is 521 g/mol. The molecule has 0 radical (unpaired) electrons. The van der Waals surface area contributed by atoms with E-state index in [4.69, 9.17) is 14.2 Å². The molecule has 0 bridgehead atoms. The van der Waals surface area contributed by atoms with Crippen molar-refractivity contribution in [2.45, 2.75) is 26.7 Å². The molecular weight excluding hydrogens is 494 g/mol. The number of hydrogen-bond donors (Lipinski definition) is 1. The van der Waals surface area contributed by atoms with Crippen molar-refractivity contribution in [2.75, 3.05) is 25.6 Å². The number of benzene rings is 2. The first kappa shape index (κ1) is 25.9. The van der Waals surface area contributed by atoms with Gasteiger partial charge in [0.2, 0.25) is 0 Å². The topological polar surface area (TPSA) is 109 Å². The number of hydrogen-bond acceptors (Lipinski definition) is 8. The molecular formula is C27H27N3O6S. The number of carbonyl (C=O) groups excluding carboxylic acids is 2. The summed E-state index contributed by atoms with van der Waals surface area (Å²) in [6.07, 6.45) is 0. The van der Waals surface area contributed by atoms with Crippen molar-refractivity contribution >= 4 is 39.0 Å². The van der Waals surface area contributed by atoms with E-state index in [0.717, 1.165) is 21.6 Å². The molecule has 0 atom stereocenters. The maximum Gasteiger partial charge on any atom is 0.359 e. The Balaban J connectivity index is 1.69. The molecule has 1 N–H and O–H groups in total. The third-order valence-electron chi connectivity index (χ3n) is 5.59. The highest BCUT2D eigenvalue weighted by Gasteiger charge is 2.23. The summed E-state index contributed by atoms with van der Waals surface area (Å²) in [5, 5.41) is 9.46. The second kappa shape index (κ2) is 11.3. The van der Waals surface area contributed by atoms with Crippen molar-refractivity contribution in [1.29, 1.82) is 0 Å². The Morgan fingerprint density at radius 2 is 1.84 bits per heavy atom. The van der Waals surface area contributed by atoms with E-state index in [-0.39, 0.29) is 24.3 Å². The van der Waals surface area contributed by atoms with Crippen LogP contribution < -0.4 is 20.3 Å². The van der Waals surface area contributed by atoms with Gasteiger partial charge in [-0.3, -0.25) is 9.59 Å². The number of amides is 1. The van der Waals surface area contributed by atoms with E-state index in [9.17, 15) is 14.4 Å². The molecule has 2 aromatic carbocycles. The summed E-state index contributed by atoms with van der Waals surface area (Å²) < 4.78 is 17.1. The minimum atomic E-state index is -0.655. The van der Waals surface area contributed by atoms with E-state index in [1.165, 1.54) is 0 Å². The number of fused-ring (bicyclic) bond motifs is 1. The molecule has 4 aromatic rings. The molecule has 0 fully saturated rings. The fourth-order valence-corrected chi connectivity index (χ4v) is 4.62. The van der Waals surface area contributed by atoms with Gasteiger partial charge in [0.25, 0.3) is 11.5 Å². The Morgan fingerprint density at radius 1 is 1.11 bits per heavy atom. The lowest BCUT2D eigenvalue weighted by molar-refractivity contribution is -0.118. The molecule has 0 aliphatic rings. The van der Waals surface area contributed by atoms with E-state index in [0.29, 0.717) is 33.5 Å². The molecule has 0 unspecified atom stereocenters. The van der Waals surface area contributed by atoms with Crippen LogP contribution in [0.25, 0.3) is 16.5 Å². The Bertz CT molecular complexity index is 1490. The third kappa shape index (κ3) is 5.64. The minimum absolute atomic E-state index is 0.00577. The van der Waals surface area contributed by atoms with Crippen molar-refractivity contribution in [2.24, 2.45) is 0 Å². The van der Waals surface area contributed by atoms with Crippen LogP contribution in [0.2, 0.25) is 0 Å². The van der Waals surface area contributed by atoms with E-state index in [1.54, 1.807) is 55.8 Å². The second-order valence-corrected chi connectivity index (χ2v) is 9.28. The summed E-state index contributed by atoms with van der Waals surface area (Å²) in [6.45, 7) is 5.70. The molecule has 0 saturated heterocycles. The van der Waals surface area contributed by atoms with E-state index < -0.39 is 17.4 Å². The second-order valence-electron chi connectivity index (χ2n) is 8.40. The lowest BCUT2D eigenvalue weighted by Crippen LogP contribution is -2.26. The van der Waals surface area contributed by atoms with Crippen molar-refractivity contribution < 1.29 is 23.8 Å². The summed E-state index contributed by atoms with van der Waals surface area (Å²) in [7, 11) is 1.54. The quantitative estimate of drug-likeness (QED) is 0.316. The van der Waals surface area contributed by atoms with Crippen LogP contribution in [0, 0.1) is 0 Å². The van der Waals surface area contributed by atoms with E-state index >= 15 is 0 Å². The Labute approximate surface area is 217 Å². The molecule has 0 aliphatic heterocycles. The smallest absolute Gasteiger partial charge is 0.359 e. The molecule has 0 saturated carbocycles. The van der Waals surface area contributed by atoms with Gasteiger partial charge in [0.05, 0.1) is 24.8 Å². The predicted octanol–water partition coefficient (Wildman–Crippen LogP) is 4.77. The molecule has 2 heterocycles. The number of nitrogens with one attached hydrogen (secondary N) is 1.